The van der Waals surface area contributed by atoms with Crippen molar-refractivity contribution >= 4 is 11.4 Å². The van der Waals surface area contributed by atoms with Crippen molar-refractivity contribution in [1.29, 1.82) is 5.26 Å². The van der Waals surface area contributed by atoms with Crippen molar-refractivity contribution in [2.24, 2.45) is 0 Å². The summed E-state index contributed by atoms with van der Waals surface area (Å²) in [4.78, 5) is 22.4. The largest absolute Gasteiger partial charge is 0.355 e. The van der Waals surface area contributed by atoms with Gasteiger partial charge in [-0.2, -0.15) is 5.26 Å². The Kier molecular flexibility index (Phi) is 5.66. The quantitative estimate of drug-likeness (QED) is 0.385. The first kappa shape index (κ1) is 20.9. The molecule has 34 heavy (non-hydrogen) atoms. The number of para-hydroxylation sites is 1. The first-order valence-electron chi connectivity index (χ1n) is 10.7. The lowest BCUT2D eigenvalue weighted by Gasteiger charge is -2.14. The molecule has 5 rings (SSSR count). The van der Waals surface area contributed by atoms with E-state index in [1.807, 2.05) is 60.7 Å². The molecule has 162 valence electrons. The standard InChI is InChI=1S/C28H19N5O/c29-18-20-8-4-5-13-25(20)26-16-21(27-30-14-7-15-31-27)19-33(28(26)34)24-12-6-11-23(17-24)32-22-9-2-1-3-10-22/h1-17,19,32H. The second-order valence-corrected chi connectivity index (χ2v) is 7.59. The molecular formula is C28H19N5O. The highest BCUT2D eigenvalue weighted by molar-refractivity contribution is 5.74. The van der Waals surface area contributed by atoms with Gasteiger partial charge >= 0.3 is 0 Å². The summed E-state index contributed by atoms with van der Waals surface area (Å²) in [6.07, 6.45) is 5.05. The zero-order valence-corrected chi connectivity index (χ0v) is 18.1. The lowest BCUT2D eigenvalue weighted by atomic mass is 10.00. The van der Waals surface area contributed by atoms with Crippen LogP contribution in [-0.4, -0.2) is 14.5 Å². The van der Waals surface area contributed by atoms with Crippen LogP contribution in [0, 0.1) is 11.3 Å². The fraction of sp³-hybridized carbons (Fsp3) is 0. The molecule has 0 fully saturated rings. The van der Waals surface area contributed by atoms with Crippen molar-refractivity contribution in [3.63, 3.8) is 0 Å². The molecule has 0 spiro atoms. The number of hydrogen-bond donors (Lipinski definition) is 1. The molecule has 6 nitrogen and oxygen atoms in total. The summed E-state index contributed by atoms with van der Waals surface area (Å²) in [5, 5.41) is 13.0. The molecule has 2 aromatic heterocycles. The summed E-state index contributed by atoms with van der Waals surface area (Å²) in [7, 11) is 0. The van der Waals surface area contributed by atoms with Gasteiger partial charge in [0.05, 0.1) is 17.3 Å². The summed E-state index contributed by atoms with van der Waals surface area (Å²) >= 11 is 0. The zero-order chi connectivity index (χ0) is 23.3. The van der Waals surface area contributed by atoms with E-state index in [9.17, 15) is 10.1 Å². The molecule has 0 amide bonds. The third-order valence-corrected chi connectivity index (χ3v) is 5.37. The fourth-order valence-corrected chi connectivity index (χ4v) is 3.77. The van der Waals surface area contributed by atoms with Gasteiger partial charge in [0.15, 0.2) is 5.82 Å². The third kappa shape index (κ3) is 4.18. The van der Waals surface area contributed by atoms with Gasteiger partial charge in [0, 0.05) is 46.7 Å². The van der Waals surface area contributed by atoms with Crippen molar-refractivity contribution in [3.05, 3.63) is 126 Å². The lowest BCUT2D eigenvalue weighted by Crippen LogP contribution is -2.20. The van der Waals surface area contributed by atoms with Crippen LogP contribution in [-0.2, 0) is 0 Å². The molecule has 0 aliphatic heterocycles. The van der Waals surface area contributed by atoms with Crippen LogP contribution in [0.15, 0.2) is 114 Å². The molecule has 0 aliphatic rings. The van der Waals surface area contributed by atoms with Crippen LogP contribution in [0.5, 0.6) is 0 Å². The molecular weight excluding hydrogens is 422 g/mol. The van der Waals surface area contributed by atoms with Gasteiger partial charge in [-0.15, -0.1) is 0 Å². The molecule has 2 heterocycles. The first-order chi connectivity index (χ1) is 16.7. The Morgan fingerprint density at radius 3 is 2.29 bits per heavy atom. The minimum atomic E-state index is -0.237. The molecule has 0 saturated heterocycles. The van der Waals surface area contributed by atoms with E-state index in [0.717, 1.165) is 11.4 Å². The fourth-order valence-electron chi connectivity index (χ4n) is 3.77. The van der Waals surface area contributed by atoms with Crippen molar-refractivity contribution in [3.8, 4) is 34.3 Å². The zero-order valence-electron chi connectivity index (χ0n) is 18.1. The number of nitrogens with one attached hydrogen (secondary N) is 1. The van der Waals surface area contributed by atoms with Crippen LogP contribution in [0.25, 0.3) is 28.2 Å². The van der Waals surface area contributed by atoms with Gasteiger partial charge in [0.2, 0.25) is 0 Å². The molecule has 6 heteroatoms. The Morgan fingerprint density at radius 2 is 1.50 bits per heavy atom. The van der Waals surface area contributed by atoms with E-state index in [0.29, 0.717) is 33.8 Å². The van der Waals surface area contributed by atoms with E-state index >= 15 is 0 Å². The van der Waals surface area contributed by atoms with Crippen molar-refractivity contribution in [1.82, 2.24) is 14.5 Å². The Morgan fingerprint density at radius 1 is 0.765 bits per heavy atom. The highest BCUT2D eigenvalue weighted by Gasteiger charge is 2.15. The monoisotopic (exact) mass is 441 g/mol. The predicted octanol–water partition coefficient (Wildman–Crippen LogP) is 5.58. The Bertz CT molecular complexity index is 1550. The molecule has 0 unspecified atom stereocenters. The van der Waals surface area contributed by atoms with Gasteiger partial charge in [-0.05, 0) is 48.5 Å². The Balaban J connectivity index is 1.69. The van der Waals surface area contributed by atoms with Gasteiger partial charge in [0.1, 0.15) is 0 Å². The van der Waals surface area contributed by atoms with Crippen LogP contribution >= 0.6 is 0 Å². The molecule has 3 aromatic carbocycles. The van der Waals surface area contributed by atoms with Crippen LogP contribution in [0.4, 0.5) is 11.4 Å². The minimum absolute atomic E-state index is 0.237. The SMILES string of the molecule is N#Cc1ccccc1-c1cc(-c2ncccn2)cn(-c2cccc(Nc3ccccc3)c2)c1=O. The second-order valence-electron chi connectivity index (χ2n) is 7.59. The van der Waals surface area contributed by atoms with Crippen molar-refractivity contribution < 1.29 is 0 Å². The Hall–Kier alpha value is -5.02. The van der Waals surface area contributed by atoms with Crippen LogP contribution in [0.2, 0.25) is 0 Å². The summed E-state index contributed by atoms with van der Waals surface area (Å²) in [5.41, 5.74) is 4.31. The number of hydrogen-bond acceptors (Lipinski definition) is 5. The topological polar surface area (TPSA) is 83.6 Å². The highest BCUT2D eigenvalue weighted by atomic mass is 16.1. The number of rotatable bonds is 5. The number of pyridine rings is 1. The number of anilines is 2. The first-order valence-corrected chi connectivity index (χ1v) is 10.7. The Labute approximate surface area is 196 Å². The number of aromatic nitrogens is 3. The maximum atomic E-state index is 13.7. The maximum Gasteiger partial charge on any atom is 0.263 e. The van der Waals surface area contributed by atoms with Gasteiger partial charge in [-0.25, -0.2) is 9.97 Å². The summed E-state index contributed by atoms with van der Waals surface area (Å²) in [6.45, 7) is 0. The summed E-state index contributed by atoms with van der Waals surface area (Å²) in [5.74, 6) is 0.491. The number of nitriles is 1. The predicted molar refractivity (Wildman–Crippen MR) is 133 cm³/mol. The van der Waals surface area contributed by atoms with Gasteiger partial charge in [-0.3, -0.25) is 9.36 Å². The lowest BCUT2D eigenvalue weighted by molar-refractivity contribution is 0.989. The highest BCUT2D eigenvalue weighted by Crippen LogP contribution is 2.26. The van der Waals surface area contributed by atoms with E-state index < -0.39 is 0 Å². The smallest absolute Gasteiger partial charge is 0.263 e. The third-order valence-electron chi connectivity index (χ3n) is 5.37. The number of benzene rings is 3. The van der Waals surface area contributed by atoms with Gasteiger partial charge < -0.3 is 5.32 Å². The molecule has 0 aliphatic carbocycles. The summed E-state index contributed by atoms with van der Waals surface area (Å²) in [6, 6.07) is 30.2. The average Bonchev–Trinajstić information content (AvgIpc) is 2.90. The molecule has 0 radical (unpaired) electrons. The average molecular weight is 441 g/mol. The van der Waals surface area contributed by atoms with Crippen LogP contribution < -0.4 is 10.9 Å². The van der Waals surface area contributed by atoms with Crippen LogP contribution in [0.3, 0.4) is 0 Å². The van der Waals surface area contributed by atoms with E-state index in [1.54, 1.807) is 53.5 Å². The summed E-state index contributed by atoms with van der Waals surface area (Å²) < 4.78 is 1.57. The molecule has 0 atom stereocenters. The van der Waals surface area contributed by atoms with E-state index in [2.05, 4.69) is 21.4 Å². The normalized spacial score (nSPS) is 10.4. The van der Waals surface area contributed by atoms with Crippen molar-refractivity contribution in [2.45, 2.75) is 0 Å². The van der Waals surface area contributed by atoms with E-state index in [-0.39, 0.29) is 5.56 Å². The number of nitrogens with zero attached hydrogens (tertiary/aromatic N) is 4. The van der Waals surface area contributed by atoms with E-state index in [4.69, 9.17) is 0 Å². The van der Waals surface area contributed by atoms with Crippen LogP contribution in [0.1, 0.15) is 5.56 Å². The van der Waals surface area contributed by atoms with Gasteiger partial charge in [-0.1, -0.05) is 42.5 Å². The van der Waals surface area contributed by atoms with E-state index in [1.165, 1.54) is 0 Å². The van der Waals surface area contributed by atoms with Crippen molar-refractivity contribution in [2.75, 3.05) is 5.32 Å². The molecule has 0 bridgehead atoms. The minimum Gasteiger partial charge on any atom is -0.355 e. The maximum absolute atomic E-state index is 13.7. The molecule has 5 aromatic rings. The van der Waals surface area contributed by atoms with Gasteiger partial charge in [0.25, 0.3) is 5.56 Å². The second kappa shape index (κ2) is 9.23. The molecule has 0 saturated carbocycles. The molecule has 1 N–H and O–H groups in total.